The van der Waals surface area contributed by atoms with Gasteiger partial charge >= 0.3 is 0 Å². The predicted molar refractivity (Wildman–Crippen MR) is 115 cm³/mol. The van der Waals surface area contributed by atoms with Gasteiger partial charge in [0.25, 0.3) is 0 Å². The Balaban J connectivity index is 1.84. The molecule has 5 nitrogen and oxygen atoms in total. The van der Waals surface area contributed by atoms with E-state index in [0.29, 0.717) is 5.92 Å². The first-order valence-electron chi connectivity index (χ1n) is 10.1. The summed E-state index contributed by atoms with van der Waals surface area (Å²) >= 11 is 0. The fraction of sp³-hybridized carbons (Fsp3) is 0.391. The average Bonchev–Trinajstić information content (AvgIpc) is 3.16. The van der Waals surface area contributed by atoms with Crippen molar-refractivity contribution < 1.29 is 4.74 Å². The van der Waals surface area contributed by atoms with E-state index in [4.69, 9.17) is 15.2 Å². The molecule has 4 rings (SSSR count). The van der Waals surface area contributed by atoms with Crippen molar-refractivity contribution in [3.8, 4) is 11.3 Å². The lowest BCUT2D eigenvalue weighted by molar-refractivity contribution is 0.122. The number of hydrogen-bond acceptors (Lipinski definition) is 4. The van der Waals surface area contributed by atoms with Gasteiger partial charge in [-0.2, -0.15) is 5.10 Å². The van der Waals surface area contributed by atoms with Gasteiger partial charge in [-0.3, -0.25) is 0 Å². The lowest BCUT2D eigenvalue weighted by Crippen LogP contribution is -2.37. The van der Waals surface area contributed by atoms with Crippen LogP contribution in [-0.2, 0) is 4.74 Å². The SMILES string of the molecule is CCC(CC=N)c1cc(N2CCOCC2)n2nc(-c3ccc(C)cc3)cc2c1. The number of nitrogens with zero attached hydrogens (tertiary/aromatic N) is 3. The normalized spacial score (nSPS) is 15.7. The highest BCUT2D eigenvalue weighted by molar-refractivity contribution is 5.69. The molecule has 0 radical (unpaired) electrons. The summed E-state index contributed by atoms with van der Waals surface area (Å²) in [6.45, 7) is 7.54. The topological polar surface area (TPSA) is 53.6 Å². The number of ether oxygens (including phenoxy) is 1. The molecular formula is C23H28N4O. The molecule has 1 unspecified atom stereocenters. The fourth-order valence-electron chi connectivity index (χ4n) is 3.90. The molecule has 3 aromatic rings. The molecule has 3 heterocycles. The van der Waals surface area contributed by atoms with E-state index < -0.39 is 0 Å². The highest BCUT2D eigenvalue weighted by Crippen LogP contribution is 2.31. The Bertz CT molecular complexity index is 955. The summed E-state index contributed by atoms with van der Waals surface area (Å²) in [4.78, 5) is 2.36. The van der Waals surface area contributed by atoms with Gasteiger partial charge < -0.3 is 15.0 Å². The molecule has 0 bridgehead atoms. The van der Waals surface area contributed by atoms with Crippen LogP contribution in [0.5, 0.6) is 0 Å². The van der Waals surface area contributed by atoms with Crippen LogP contribution in [0.25, 0.3) is 16.8 Å². The molecule has 1 N–H and O–H groups in total. The molecule has 1 aliphatic heterocycles. The van der Waals surface area contributed by atoms with Gasteiger partial charge in [0.1, 0.15) is 5.82 Å². The molecule has 1 atom stereocenters. The van der Waals surface area contributed by atoms with Crippen molar-refractivity contribution in [1.82, 2.24) is 9.61 Å². The van der Waals surface area contributed by atoms with Gasteiger partial charge in [0.2, 0.25) is 0 Å². The van der Waals surface area contributed by atoms with Gasteiger partial charge in [0, 0.05) is 18.7 Å². The monoisotopic (exact) mass is 376 g/mol. The summed E-state index contributed by atoms with van der Waals surface area (Å²) in [5, 5.41) is 12.5. The quantitative estimate of drug-likeness (QED) is 0.636. The second-order valence-corrected chi connectivity index (χ2v) is 7.52. The Hall–Kier alpha value is -2.66. The van der Waals surface area contributed by atoms with Crippen molar-refractivity contribution in [1.29, 1.82) is 5.41 Å². The first-order valence-corrected chi connectivity index (χ1v) is 10.1. The summed E-state index contributed by atoms with van der Waals surface area (Å²) in [6.07, 6.45) is 3.32. The Morgan fingerprint density at radius 3 is 2.57 bits per heavy atom. The average molecular weight is 377 g/mol. The Labute approximate surface area is 166 Å². The molecule has 0 saturated carbocycles. The number of pyridine rings is 1. The van der Waals surface area contributed by atoms with Crippen molar-refractivity contribution >= 4 is 17.5 Å². The minimum absolute atomic E-state index is 0.361. The molecule has 2 aromatic heterocycles. The molecule has 5 heteroatoms. The largest absolute Gasteiger partial charge is 0.378 e. The third-order valence-corrected chi connectivity index (χ3v) is 5.61. The summed E-state index contributed by atoms with van der Waals surface area (Å²) < 4.78 is 7.63. The summed E-state index contributed by atoms with van der Waals surface area (Å²) in [5.41, 5.74) is 5.77. The molecule has 0 spiro atoms. The minimum Gasteiger partial charge on any atom is -0.378 e. The van der Waals surface area contributed by atoms with Crippen LogP contribution in [0, 0.1) is 12.3 Å². The van der Waals surface area contributed by atoms with E-state index >= 15 is 0 Å². The standard InChI is InChI=1S/C23H28N4O/c1-3-18(8-9-24)20-14-21-16-22(19-6-4-17(2)5-7-19)25-27(21)23(15-20)26-10-12-28-13-11-26/h4-7,9,14-16,18,24H,3,8,10-13H2,1-2H3. The highest BCUT2D eigenvalue weighted by atomic mass is 16.5. The molecule has 1 aromatic carbocycles. The van der Waals surface area contributed by atoms with Crippen LogP contribution in [0.3, 0.4) is 0 Å². The first-order chi connectivity index (χ1) is 13.7. The van der Waals surface area contributed by atoms with Gasteiger partial charge in [-0.05, 0) is 55.7 Å². The fourth-order valence-corrected chi connectivity index (χ4v) is 3.90. The van der Waals surface area contributed by atoms with Crippen LogP contribution < -0.4 is 4.90 Å². The number of aryl methyl sites for hydroxylation is 1. The number of morpholine rings is 1. The second kappa shape index (κ2) is 8.15. The maximum Gasteiger partial charge on any atom is 0.131 e. The Kier molecular flexibility index (Phi) is 5.44. The van der Waals surface area contributed by atoms with E-state index in [1.54, 1.807) is 0 Å². The summed E-state index contributed by atoms with van der Waals surface area (Å²) in [7, 11) is 0. The molecule has 1 saturated heterocycles. The summed E-state index contributed by atoms with van der Waals surface area (Å²) in [5.74, 6) is 1.48. The third kappa shape index (κ3) is 3.67. The summed E-state index contributed by atoms with van der Waals surface area (Å²) in [6, 6.07) is 15.2. The van der Waals surface area contributed by atoms with E-state index in [1.165, 1.54) is 17.3 Å². The molecule has 146 valence electrons. The van der Waals surface area contributed by atoms with Gasteiger partial charge in [0.05, 0.1) is 24.4 Å². The lowest BCUT2D eigenvalue weighted by Gasteiger charge is -2.30. The highest BCUT2D eigenvalue weighted by Gasteiger charge is 2.19. The van der Waals surface area contributed by atoms with E-state index in [-0.39, 0.29) is 0 Å². The molecular weight excluding hydrogens is 348 g/mol. The zero-order valence-electron chi connectivity index (χ0n) is 16.7. The molecule has 0 amide bonds. The van der Waals surface area contributed by atoms with Crippen molar-refractivity contribution in [3.05, 3.63) is 53.6 Å². The van der Waals surface area contributed by atoms with E-state index in [9.17, 15) is 0 Å². The predicted octanol–water partition coefficient (Wildman–Crippen LogP) is 4.68. The number of anilines is 1. The Morgan fingerprint density at radius 2 is 1.89 bits per heavy atom. The van der Waals surface area contributed by atoms with Crippen LogP contribution in [0.1, 0.15) is 36.8 Å². The smallest absolute Gasteiger partial charge is 0.131 e. The maximum absolute atomic E-state index is 7.56. The van der Waals surface area contributed by atoms with Crippen molar-refractivity contribution in [3.63, 3.8) is 0 Å². The zero-order valence-corrected chi connectivity index (χ0v) is 16.7. The minimum atomic E-state index is 0.361. The molecule has 1 aliphatic rings. The number of aromatic nitrogens is 2. The van der Waals surface area contributed by atoms with Gasteiger partial charge in [0.15, 0.2) is 0 Å². The number of rotatable bonds is 6. The van der Waals surface area contributed by atoms with Crippen molar-refractivity contribution in [2.75, 3.05) is 31.2 Å². The van der Waals surface area contributed by atoms with E-state index in [0.717, 1.165) is 61.7 Å². The van der Waals surface area contributed by atoms with Crippen LogP contribution in [0.4, 0.5) is 5.82 Å². The van der Waals surface area contributed by atoms with E-state index in [1.807, 2.05) is 0 Å². The van der Waals surface area contributed by atoms with Crippen molar-refractivity contribution in [2.45, 2.75) is 32.6 Å². The lowest BCUT2D eigenvalue weighted by atomic mass is 9.94. The molecule has 28 heavy (non-hydrogen) atoms. The van der Waals surface area contributed by atoms with Gasteiger partial charge in [-0.15, -0.1) is 0 Å². The van der Waals surface area contributed by atoms with Crippen LogP contribution in [0.15, 0.2) is 42.5 Å². The number of nitrogens with one attached hydrogen (secondary N) is 1. The van der Waals surface area contributed by atoms with Crippen molar-refractivity contribution in [2.24, 2.45) is 0 Å². The van der Waals surface area contributed by atoms with Crippen LogP contribution in [-0.4, -0.2) is 42.1 Å². The first kappa shape index (κ1) is 18.7. The second-order valence-electron chi connectivity index (χ2n) is 7.52. The molecule has 0 aliphatic carbocycles. The van der Waals surface area contributed by atoms with Gasteiger partial charge in [-0.1, -0.05) is 36.8 Å². The van der Waals surface area contributed by atoms with E-state index in [2.05, 4.69) is 65.7 Å². The zero-order chi connectivity index (χ0) is 19.5. The third-order valence-electron chi connectivity index (χ3n) is 5.61. The number of benzene rings is 1. The Morgan fingerprint density at radius 1 is 1.14 bits per heavy atom. The number of fused-ring (bicyclic) bond motifs is 1. The molecule has 1 fully saturated rings. The van der Waals surface area contributed by atoms with Crippen LogP contribution in [0.2, 0.25) is 0 Å². The maximum atomic E-state index is 7.56. The van der Waals surface area contributed by atoms with Gasteiger partial charge in [-0.25, -0.2) is 4.52 Å². The number of hydrogen-bond donors (Lipinski definition) is 1. The van der Waals surface area contributed by atoms with Crippen LogP contribution >= 0.6 is 0 Å².